The van der Waals surface area contributed by atoms with Crippen molar-refractivity contribution < 1.29 is 23.8 Å². The van der Waals surface area contributed by atoms with Crippen LogP contribution in [0.5, 0.6) is 11.5 Å². The van der Waals surface area contributed by atoms with Gasteiger partial charge in [0.15, 0.2) is 6.61 Å². The Labute approximate surface area is 142 Å². The van der Waals surface area contributed by atoms with Crippen molar-refractivity contribution in [3.05, 3.63) is 40.8 Å². The average Bonchev–Trinajstić information content (AvgIpc) is 3.05. The van der Waals surface area contributed by atoms with Gasteiger partial charge in [-0.1, -0.05) is 6.07 Å². The molecule has 0 aliphatic carbocycles. The van der Waals surface area contributed by atoms with Crippen LogP contribution in [0.4, 0.5) is 5.00 Å². The van der Waals surface area contributed by atoms with Crippen molar-refractivity contribution in [2.75, 3.05) is 26.1 Å². The Bertz CT molecular complexity index is 772. The van der Waals surface area contributed by atoms with Crippen molar-refractivity contribution in [1.82, 2.24) is 0 Å². The van der Waals surface area contributed by atoms with Gasteiger partial charge in [-0.3, -0.25) is 4.79 Å². The van der Waals surface area contributed by atoms with Crippen molar-refractivity contribution in [2.45, 2.75) is 0 Å². The van der Waals surface area contributed by atoms with Crippen molar-refractivity contribution in [1.29, 1.82) is 5.26 Å². The largest absolute Gasteiger partial charge is 0.496 e. The first-order valence-electron chi connectivity index (χ1n) is 6.76. The minimum absolute atomic E-state index is 0.101. The molecule has 1 aromatic carbocycles. The molecule has 124 valence electrons. The maximum Gasteiger partial charge on any atom is 0.346 e. The van der Waals surface area contributed by atoms with Gasteiger partial charge in [-0.05, 0) is 23.6 Å². The fourth-order valence-corrected chi connectivity index (χ4v) is 2.67. The van der Waals surface area contributed by atoms with E-state index in [0.29, 0.717) is 10.6 Å². The zero-order chi connectivity index (χ0) is 17.5. The smallest absolute Gasteiger partial charge is 0.346 e. The predicted molar refractivity (Wildman–Crippen MR) is 87.5 cm³/mol. The molecule has 1 amide bonds. The Balaban J connectivity index is 2.03. The molecule has 8 heteroatoms. The van der Waals surface area contributed by atoms with E-state index in [1.165, 1.54) is 25.6 Å². The van der Waals surface area contributed by atoms with Gasteiger partial charge in [-0.2, -0.15) is 5.26 Å². The summed E-state index contributed by atoms with van der Waals surface area (Å²) in [7, 11) is 2.83. The van der Waals surface area contributed by atoms with Gasteiger partial charge >= 0.3 is 5.97 Å². The molecule has 0 aliphatic heterocycles. The molecule has 1 heterocycles. The van der Waals surface area contributed by atoms with Crippen LogP contribution in [0.1, 0.15) is 15.9 Å². The Morgan fingerprint density at radius 3 is 2.46 bits per heavy atom. The summed E-state index contributed by atoms with van der Waals surface area (Å²) in [5, 5.41) is 13.5. The summed E-state index contributed by atoms with van der Waals surface area (Å²) in [6, 6.07) is 8.39. The third kappa shape index (κ3) is 3.83. The molecule has 0 fully saturated rings. The molecule has 2 rings (SSSR count). The first-order valence-corrected chi connectivity index (χ1v) is 7.64. The lowest BCUT2D eigenvalue weighted by atomic mass is 10.2. The highest BCUT2D eigenvalue weighted by molar-refractivity contribution is 7.14. The zero-order valence-electron chi connectivity index (χ0n) is 13.0. The molecule has 1 aromatic heterocycles. The number of benzene rings is 1. The van der Waals surface area contributed by atoms with E-state index in [1.54, 1.807) is 29.6 Å². The summed E-state index contributed by atoms with van der Waals surface area (Å²) in [6.45, 7) is -0.497. The molecule has 24 heavy (non-hydrogen) atoms. The number of nitriles is 1. The van der Waals surface area contributed by atoms with Crippen LogP contribution in [0, 0.1) is 11.3 Å². The molecule has 0 aliphatic rings. The van der Waals surface area contributed by atoms with E-state index >= 15 is 0 Å². The zero-order valence-corrected chi connectivity index (χ0v) is 13.8. The van der Waals surface area contributed by atoms with Crippen LogP contribution >= 0.6 is 11.3 Å². The molecule has 0 radical (unpaired) electrons. The Morgan fingerprint density at radius 2 is 1.88 bits per heavy atom. The lowest BCUT2D eigenvalue weighted by molar-refractivity contribution is -0.119. The first kappa shape index (κ1) is 17.3. The summed E-state index contributed by atoms with van der Waals surface area (Å²) in [4.78, 5) is 24.1. The number of ether oxygens (including phenoxy) is 3. The number of hydrogen-bond donors (Lipinski definition) is 1. The summed E-state index contributed by atoms with van der Waals surface area (Å²) >= 11 is 1.21. The second kappa shape index (κ2) is 7.99. The van der Waals surface area contributed by atoms with Gasteiger partial charge in [0.2, 0.25) is 0 Å². The molecule has 0 atom stereocenters. The Hall–Kier alpha value is -3.05. The predicted octanol–water partition coefficient (Wildman–Crippen LogP) is 2.43. The number of rotatable bonds is 6. The highest BCUT2D eigenvalue weighted by Crippen LogP contribution is 2.29. The maximum atomic E-state index is 12.2. The number of thiophene rings is 1. The van der Waals surface area contributed by atoms with Gasteiger partial charge in [0, 0.05) is 0 Å². The summed E-state index contributed by atoms with van der Waals surface area (Å²) in [6.07, 6.45) is 0. The van der Waals surface area contributed by atoms with Gasteiger partial charge in [0.05, 0.1) is 19.8 Å². The number of amides is 1. The second-order valence-electron chi connectivity index (χ2n) is 4.44. The molecule has 0 saturated carbocycles. The molecule has 0 spiro atoms. The Kier molecular flexibility index (Phi) is 5.76. The van der Waals surface area contributed by atoms with E-state index in [9.17, 15) is 9.59 Å². The molecule has 0 unspecified atom stereocenters. The van der Waals surface area contributed by atoms with Crippen LogP contribution in [0.15, 0.2) is 29.6 Å². The van der Waals surface area contributed by atoms with E-state index in [-0.39, 0.29) is 17.1 Å². The minimum Gasteiger partial charge on any atom is -0.496 e. The molecule has 1 N–H and O–H groups in total. The number of carbonyl (C=O) groups is 2. The molecule has 0 saturated heterocycles. The summed E-state index contributed by atoms with van der Waals surface area (Å²) < 4.78 is 15.2. The molecular formula is C16H14N2O5S. The van der Waals surface area contributed by atoms with E-state index in [1.807, 2.05) is 6.07 Å². The highest BCUT2D eigenvalue weighted by atomic mass is 32.1. The van der Waals surface area contributed by atoms with Crippen LogP contribution in [0.2, 0.25) is 0 Å². The third-order valence-electron chi connectivity index (χ3n) is 3.00. The molecule has 2 aromatic rings. The van der Waals surface area contributed by atoms with Gasteiger partial charge in [0.25, 0.3) is 5.91 Å². The fourth-order valence-electron chi connectivity index (χ4n) is 1.91. The van der Waals surface area contributed by atoms with E-state index in [4.69, 9.17) is 19.5 Å². The standard InChI is InChI=1S/C16H14N2O5S/c1-21-11-4-3-5-12(22-2)14(11)16(20)23-9-13(19)18-15-10(8-17)6-7-24-15/h3-7H,9H2,1-2H3,(H,18,19). The number of anilines is 1. The van der Waals surface area contributed by atoms with Crippen LogP contribution in [0.25, 0.3) is 0 Å². The van der Waals surface area contributed by atoms with Crippen LogP contribution < -0.4 is 14.8 Å². The second-order valence-corrected chi connectivity index (χ2v) is 5.35. The first-order chi connectivity index (χ1) is 11.6. The minimum atomic E-state index is -0.744. The molecule has 7 nitrogen and oxygen atoms in total. The van der Waals surface area contributed by atoms with Crippen molar-refractivity contribution in [3.63, 3.8) is 0 Å². The molecule has 0 bridgehead atoms. The maximum absolute atomic E-state index is 12.2. The third-order valence-corrected chi connectivity index (χ3v) is 3.83. The lowest BCUT2D eigenvalue weighted by Crippen LogP contribution is -2.21. The van der Waals surface area contributed by atoms with Crippen molar-refractivity contribution in [2.24, 2.45) is 0 Å². The van der Waals surface area contributed by atoms with Crippen molar-refractivity contribution in [3.8, 4) is 17.6 Å². The van der Waals surface area contributed by atoms with E-state index in [0.717, 1.165) is 0 Å². The Morgan fingerprint density at radius 1 is 1.21 bits per heavy atom. The van der Waals surface area contributed by atoms with E-state index < -0.39 is 18.5 Å². The quantitative estimate of drug-likeness (QED) is 0.807. The lowest BCUT2D eigenvalue weighted by Gasteiger charge is -2.12. The van der Waals surface area contributed by atoms with Crippen LogP contribution in [0.3, 0.4) is 0 Å². The van der Waals surface area contributed by atoms with Crippen LogP contribution in [-0.4, -0.2) is 32.7 Å². The average molecular weight is 346 g/mol. The number of nitrogens with zero attached hydrogens (tertiary/aromatic N) is 1. The van der Waals surface area contributed by atoms with E-state index in [2.05, 4.69) is 5.32 Å². The number of hydrogen-bond acceptors (Lipinski definition) is 7. The topological polar surface area (TPSA) is 97.7 Å². The number of methoxy groups -OCH3 is 2. The number of esters is 1. The van der Waals surface area contributed by atoms with Crippen LogP contribution in [-0.2, 0) is 9.53 Å². The monoisotopic (exact) mass is 346 g/mol. The normalized spacial score (nSPS) is 9.71. The molecular weight excluding hydrogens is 332 g/mol. The highest BCUT2D eigenvalue weighted by Gasteiger charge is 2.21. The number of nitrogens with one attached hydrogen (secondary N) is 1. The fraction of sp³-hybridized carbons (Fsp3) is 0.188. The van der Waals surface area contributed by atoms with Crippen molar-refractivity contribution >= 4 is 28.2 Å². The SMILES string of the molecule is COc1cccc(OC)c1C(=O)OCC(=O)Nc1sccc1C#N. The number of carbonyl (C=O) groups excluding carboxylic acids is 2. The van der Waals surface area contributed by atoms with Gasteiger partial charge < -0.3 is 19.5 Å². The van der Waals surface area contributed by atoms with Gasteiger partial charge in [-0.25, -0.2) is 4.79 Å². The van der Waals surface area contributed by atoms with Gasteiger partial charge in [-0.15, -0.1) is 11.3 Å². The summed E-state index contributed by atoms with van der Waals surface area (Å²) in [5.41, 5.74) is 0.454. The van der Waals surface area contributed by atoms with Gasteiger partial charge in [0.1, 0.15) is 28.1 Å². The summed E-state index contributed by atoms with van der Waals surface area (Å²) in [5.74, 6) is -0.725.